The molecule has 2 amide bonds. The lowest BCUT2D eigenvalue weighted by molar-refractivity contribution is -0.143. The Hall–Kier alpha value is -2.68. The number of piperidine rings is 2. The van der Waals surface area contributed by atoms with E-state index in [9.17, 15) is 9.59 Å². The average Bonchev–Trinajstić information content (AvgIpc) is 3.09. The number of aryl methyl sites for hydroxylation is 1. The molecule has 6 rings (SSSR count). The molecular formula is C28H33Cl2N5O3. The fraction of sp³-hybridized carbons (Fsp3) is 0.500. The van der Waals surface area contributed by atoms with Crippen LogP contribution in [-0.4, -0.2) is 51.0 Å². The second-order valence-corrected chi connectivity index (χ2v) is 12.2. The standard InChI is InChI=1S/C28H32ClN5O3.ClH/c1-16-8-18(29)10-19(24(16)37-14-28(4)6-5-7-30-13-28)23-20-9-17(12-34(20)32-15-31-23)11-33-25(35)21-22(26(33)36)27(21,2)3;/h8-10,12,15,21-22,30H,5-7,11,13-14H2,1-4H3;1H. The van der Waals surface area contributed by atoms with Crippen LogP contribution in [0.1, 0.15) is 44.7 Å². The molecule has 1 aromatic carbocycles. The summed E-state index contributed by atoms with van der Waals surface area (Å²) < 4.78 is 8.22. The van der Waals surface area contributed by atoms with Crippen LogP contribution in [0.2, 0.25) is 5.02 Å². The molecule has 3 aromatic rings. The Morgan fingerprint density at radius 2 is 1.89 bits per heavy atom. The van der Waals surface area contributed by atoms with Crippen molar-refractivity contribution in [2.24, 2.45) is 22.7 Å². The number of hydrogen-bond donors (Lipinski definition) is 1. The highest BCUT2D eigenvalue weighted by Crippen LogP contribution is 2.63. The first kappa shape index (κ1) is 26.9. The number of benzene rings is 1. The van der Waals surface area contributed by atoms with Gasteiger partial charge < -0.3 is 10.1 Å². The van der Waals surface area contributed by atoms with Gasteiger partial charge in [-0.15, -0.1) is 12.4 Å². The fourth-order valence-corrected chi connectivity index (χ4v) is 6.48. The molecule has 3 aliphatic rings. The van der Waals surface area contributed by atoms with E-state index in [-0.39, 0.29) is 53.4 Å². The first-order valence-electron chi connectivity index (χ1n) is 12.9. The SMILES string of the molecule is Cc1cc(Cl)cc(-c2ncnn3cc(CN4C(=O)C5C(C4=O)C5(C)C)cc23)c1OCC1(C)CCCNC1.Cl. The number of aromatic nitrogens is 3. The summed E-state index contributed by atoms with van der Waals surface area (Å²) in [5.41, 5.74) is 3.84. The molecule has 38 heavy (non-hydrogen) atoms. The number of imide groups is 1. The van der Waals surface area contributed by atoms with Crippen LogP contribution in [0.25, 0.3) is 16.8 Å². The lowest BCUT2D eigenvalue weighted by atomic mass is 9.84. The van der Waals surface area contributed by atoms with Gasteiger partial charge in [-0.25, -0.2) is 9.50 Å². The maximum atomic E-state index is 12.9. The monoisotopic (exact) mass is 557 g/mol. The number of ether oxygens (including phenoxy) is 1. The number of amides is 2. The molecule has 1 aliphatic carbocycles. The van der Waals surface area contributed by atoms with E-state index >= 15 is 0 Å². The van der Waals surface area contributed by atoms with Crippen molar-refractivity contribution in [1.82, 2.24) is 24.8 Å². The summed E-state index contributed by atoms with van der Waals surface area (Å²) in [5, 5.41) is 8.47. The van der Waals surface area contributed by atoms with Crippen LogP contribution in [0.15, 0.2) is 30.7 Å². The van der Waals surface area contributed by atoms with Gasteiger partial charge in [0.2, 0.25) is 11.8 Å². The summed E-state index contributed by atoms with van der Waals surface area (Å²) in [6.45, 7) is 11.0. The van der Waals surface area contributed by atoms with E-state index in [1.54, 1.807) is 4.52 Å². The fourth-order valence-electron chi connectivity index (χ4n) is 6.21. The molecule has 202 valence electrons. The lowest BCUT2D eigenvalue weighted by Gasteiger charge is -2.34. The molecule has 2 aliphatic heterocycles. The van der Waals surface area contributed by atoms with Crippen molar-refractivity contribution in [2.75, 3.05) is 19.7 Å². The van der Waals surface area contributed by atoms with Gasteiger partial charge in [0.15, 0.2) is 0 Å². The highest BCUT2D eigenvalue weighted by molar-refractivity contribution is 6.31. The predicted molar refractivity (Wildman–Crippen MR) is 147 cm³/mol. The molecule has 0 bridgehead atoms. The molecule has 8 nitrogen and oxygen atoms in total. The van der Waals surface area contributed by atoms with E-state index in [4.69, 9.17) is 16.3 Å². The van der Waals surface area contributed by atoms with Gasteiger partial charge in [-0.3, -0.25) is 14.5 Å². The molecule has 3 unspecified atom stereocenters. The minimum absolute atomic E-state index is 0. The number of halogens is 2. The van der Waals surface area contributed by atoms with E-state index in [1.165, 1.54) is 11.2 Å². The molecule has 2 saturated heterocycles. The second-order valence-electron chi connectivity index (χ2n) is 11.8. The van der Waals surface area contributed by atoms with Gasteiger partial charge in [-0.1, -0.05) is 32.4 Å². The lowest BCUT2D eigenvalue weighted by Crippen LogP contribution is -2.41. The molecule has 1 N–H and O–H groups in total. The Bertz CT molecular complexity index is 1410. The molecular weight excluding hydrogens is 525 g/mol. The summed E-state index contributed by atoms with van der Waals surface area (Å²) in [6.07, 6.45) is 5.59. The van der Waals surface area contributed by atoms with Gasteiger partial charge in [-0.2, -0.15) is 5.10 Å². The van der Waals surface area contributed by atoms with E-state index < -0.39 is 0 Å². The van der Waals surface area contributed by atoms with Crippen LogP contribution >= 0.6 is 24.0 Å². The molecule has 3 fully saturated rings. The molecule has 2 aromatic heterocycles. The van der Waals surface area contributed by atoms with Gasteiger partial charge in [0, 0.05) is 28.7 Å². The Kier molecular flexibility index (Phi) is 6.73. The third kappa shape index (κ3) is 4.36. The molecule has 4 heterocycles. The number of nitrogens with zero attached hydrogens (tertiary/aromatic N) is 4. The van der Waals surface area contributed by atoms with Crippen molar-refractivity contribution in [3.8, 4) is 17.0 Å². The number of rotatable bonds is 6. The van der Waals surface area contributed by atoms with Crippen molar-refractivity contribution in [3.05, 3.63) is 46.9 Å². The Morgan fingerprint density at radius 3 is 2.58 bits per heavy atom. The van der Waals surface area contributed by atoms with E-state index in [2.05, 4.69) is 22.3 Å². The molecule has 0 spiro atoms. The zero-order valence-electron chi connectivity index (χ0n) is 22.1. The highest BCUT2D eigenvalue weighted by atomic mass is 35.5. The van der Waals surface area contributed by atoms with Gasteiger partial charge >= 0.3 is 0 Å². The number of fused-ring (bicyclic) bond motifs is 2. The Labute approximate surface area is 233 Å². The first-order valence-corrected chi connectivity index (χ1v) is 13.3. The van der Waals surface area contributed by atoms with Gasteiger partial charge in [0.25, 0.3) is 0 Å². The van der Waals surface area contributed by atoms with Crippen molar-refractivity contribution in [2.45, 2.75) is 47.1 Å². The summed E-state index contributed by atoms with van der Waals surface area (Å²) in [7, 11) is 0. The van der Waals surface area contributed by atoms with E-state index in [0.717, 1.165) is 53.9 Å². The zero-order chi connectivity index (χ0) is 26.1. The number of carbonyl (C=O) groups is 2. The molecule has 3 atom stereocenters. The maximum Gasteiger partial charge on any atom is 0.233 e. The quantitative estimate of drug-likeness (QED) is 0.442. The van der Waals surface area contributed by atoms with E-state index in [0.29, 0.717) is 17.3 Å². The molecule has 1 saturated carbocycles. The normalized spacial score (nSPS) is 25.9. The van der Waals surface area contributed by atoms with Gasteiger partial charge in [0.1, 0.15) is 17.8 Å². The molecule has 10 heteroatoms. The van der Waals surface area contributed by atoms with Crippen LogP contribution in [0.5, 0.6) is 5.75 Å². The maximum absolute atomic E-state index is 12.9. The second kappa shape index (κ2) is 9.50. The van der Waals surface area contributed by atoms with E-state index in [1.807, 2.05) is 45.2 Å². The predicted octanol–water partition coefficient (Wildman–Crippen LogP) is 4.69. The van der Waals surface area contributed by atoms with Crippen LogP contribution < -0.4 is 10.1 Å². The third-order valence-corrected chi connectivity index (χ3v) is 8.66. The Morgan fingerprint density at radius 1 is 1.16 bits per heavy atom. The smallest absolute Gasteiger partial charge is 0.233 e. The van der Waals surface area contributed by atoms with Crippen molar-refractivity contribution in [1.29, 1.82) is 0 Å². The van der Waals surface area contributed by atoms with Crippen molar-refractivity contribution in [3.63, 3.8) is 0 Å². The first-order chi connectivity index (χ1) is 17.6. The minimum Gasteiger partial charge on any atom is -0.492 e. The average molecular weight is 559 g/mol. The van der Waals surface area contributed by atoms with Crippen LogP contribution in [0.3, 0.4) is 0 Å². The number of carbonyl (C=O) groups excluding carboxylic acids is 2. The third-order valence-electron chi connectivity index (χ3n) is 8.44. The van der Waals surface area contributed by atoms with Crippen LogP contribution in [0, 0.1) is 29.6 Å². The number of hydrogen-bond acceptors (Lipinski definition) is 6. The molecule has 0 radical (unpaired) electrons. The van der Waals surface area contributed by atoms with Crippen LogP contribution in [-0.2, 0) is 16.1 Å². The highest BCUT2D eigenvalue weighted by Gasteiger charge is 2.72. The van der Waals surface area contributed by atoms with Crippen molar-refractivity contribution >= 4 is 41.3 Å². The van der Waals surface area contributed by atoms with Gasteiger partial charge in [-0.05, 0) is 61.1 Å². The summed E-state index contributed by atoms with van der Waals surface area (Å²) >= 11 is 6.49. The summed E-state index contributed by atoms with van der Waals surface area (Å²) in [6, 6.07) is 5.72. The largest absolute Gasteiger partial charge is 0.492 e. The van der Waals surface area contributed by atoms with Gasteiger partial charge in [0.05, 0.1) is 30.5 Å². The Balaban J connectivity index is 0.00000294. The van der Waals surface area contributed by atoms with Crippen LogP contribution in [0.4, 0.5) is 0 Å². The number of likely N-dealkylation sites (tertiary alicyclic amines) is 1. The summed E-state index contributed by atoms with van der Waals surface area (Å²) in [5.74, 6) is 0.221. The minimum atomic E-state index is -0.222. The summed E-state index contributed by atoms with van der Waals surface area (Å²) in [4.78, 5) is 31.7. The van der Waals surface area contributed by atoms with Crippen molar-refractivity contribution < 1.29 is 14.3 Å². The number of nitrogens with one attached hydrogen (secondary N) is 1. The topological polar surface area (TPSA) is 88.8 Å². The zero-order valence-corrected chi connectivity index (χ0v) is 23.7.